The van der Waals surface area contributed by atoms with Crippen LogP contribution in [0, 0.1) is 6.92 Å². The predicted molar refractivity (Wildman–Crippen MR) is 88.4 cm³/mol. The van der Waals surface area contributed by atoms with Crippen LogP contribution in [0.3, 0.4) is 0 Å². The summed E-state index contributed by atoms with van der Waals surface area (Å²) in [5, 5.41) is 5.47. The highest BCUT2D eigenvalue weighted by atomic mass is 32.2. The van der Waals surface area contributed by atoms with Crippen LogP contribution in [0.4, 0.5) is 0 Å². The van der Waals surface area contributed by atoms with Crippen molar-refractivity contribution in [2.24, 2.45) is 0 Å². The molecule has 2 nitrogen and oxygen atoms in total. The third kappa shape index (κ3) is 2.84. The van der Waals surface area contributed by atoms with Gasteiger partial charge in [-0.2, -0.15) is 11.8 Å². The third-order valence-electron chi connectivity index (χ3n) is 4.11. The fraction of sp³-hybridized carbons (Fsp3) is 0.471. The van der Waals surface area contributed by atoms with Crippen LogP contribution in [-0.2, 0) is 0 Å². The summed E-state index contributed by atoms with van der Waals surface area (Å²) in [6, 6.07) is 11.4. The standard InChI is InChI=1S/C17H22N2S/c1-12-6-7-13-11-14(8-9-15(13)19-12)17(18-2)16-5-3-4-10-20-16/h6-9,11,16-18H,3-5,10H2,1-2H3. The van der Waals surface area contributed by atoms with Gasteiger partial charge in [-0.15, -0.1) is 0 Å². The van der Waals surface area contributed by atoms with Crippen LogP contribution < -0.4 is 5.32 Å². The molecule has 20 heavy (non-hydrogen) atoms. The number of pyridine rings is 1. The second-order valence-electron chi connectivity index (χ2n) is 5.58. The smallest absolute Gasteiger partial charge is 0.0705 e. The van der Waals surface area contributed by atoms with E-state index in [2.05, 4.69) is 59.4 Å². The predicted octanol–water partition coefficient (Wildman–Crippen LogP) is 4.09. The Morgan fingerprint density at radius 1 is 1.25 bits per heavy atom. The Kier molecular flexibility index (Phi) is 4.27. The van der Waals surface area contributed by atoms with Crippen LogP contribution in [0.15, 0.2) is 30.3 Å². The summed E-state index contributed by atoms with van der Waals surface area (Å²) in [5.41, 5.74) is 3.57. The number of aryl methyl sites for hydroxylation is 1. The second-order valence-corrected chi connectivity index (χ2v) is 6.92. The number of fused-ring (bicyclic) bond motifs is 1. The van der Waals surface area contributed by atoms with Crippen molar-refractivity contribution in [3.8, 4) is 0 Å². The highest BCUT2D eigenvalue weighted by molar-refractivity contribution is 8.00. The quantitative estimate of drug-likeness (QED) is 0.920. The van der Waals surface area contributed by atoms with Gasteiger partial charge in [-0.1, -0.05) is 18.6 Å². The van der Waals surface area contributed by atoms with Crippen LogP contribution in [0.1, 0.15) is 36.6 Å². The first-order valence-corrected chi connectivity index (χ1v) is 8.49. The summed E-state index contributed by atoms with van der Waals surface area (Å²) in [5.74, 6) is 1.30. The van der Waals surface area contributed by atoms with E-state index < -0.39 is 0 Å². The molecule has 1 aliphatic heterocycles. The first-order chi connectivity index (χ1) is 9.78. The lowest BCUT2D eigenvalue weighted by atomic mass is 9.98. The number of benzene rings is 1. The zero-order valence-corrected chi connectivity index (χ0v) is 13.0. The van der Waals surface area contributed by atoms with Crippen molar-refractivity contribution in [2.75, 3.05) is 12.8 Å². The zero-order chi connectivity index (χ0) is 13.9. The maximum atomic E-state index is 4.59. The molecule has 106 valence electrons. The normalized spacial score (nSPS) is 21.0. The third-order valence-corrected chi connectivity index (χ3v) is 5.57. The molecule has 0 spiro atoms. The highest BCUT2D eigenvalue weighted by Gasteiger charge is 2.24. The minimum absolute atomic E-state index is 0.450. The average Bonchev–Trinajstić information content (AvgIpc) is 2.49. The first-order valence-electron chi connectivity index (χ1n) is 7.44. The molecule has 0 radical (unpaired) electrons. The van der Waals surface area contributed by atoms with Gasteiger partial charge in [0.15, 0.2) is 0 Å². The number of hydrogen-bond donors (Lipinski definition) is 1. The summed E-state index contributed by atoms with van der Waals surface area (Å²) in [6.07, 6.45) is 4.06. The number of hydrogen-bond acceptors (Lipinski definition) is 3. The molecule has 3 rings (SSSR count). The maximum absolute atomic E-state index is 4.59. The molecule has 1 saturated heterocycles. The lowest BCUT2D eigenvalue weighted by molar-refractivity contribution is 0.516. The molecule has 2 unspecified atom stereocenters. The van der Waals surface area contributed by atoms with Crippen molar-refractivity contribution < 1.29 is 0 Å². The number of rotatable bonds is 3. The van der Waals surface area contributed by atoms with E-state index in [4.69, 9.17) is 0 Å². The molecule has 0 aliphatic carbocycles. The van der Waals surface area contributed by atoms with Gasteiger partial charge in [-0.25, -0.2) is 0 Å². The summed E-state index contributed by atoms with van der Waals surface area (Å²) in [6.45, 7) is 2.04. The van der Waals surface area contributed by atoms with Crippen molar-refractivity contribution >= 4 is 22.7 Å². The molecule has 0 saturated carbocycles. The van der Waals surface area contributed by atoms with E-state index in [-0.39, 0.29) is 0 Å². The van der Waals surface area contributed by atoms with Crippen LogP contribution >= 0.6 is 11.8 Å². The van der Waals surface area contributed by atoms with Gasteiger partial charge in [0.25, 0.3) is 0 Å². The molecule has 2 atom stereocenters. The Morgan fingerprint density at radius 3 is 2.90 bits per heavy atom. The van der Waals surface area contributed by atoms with Crippen LogP contribution in [0.25, 0.3) is 10.9 Å². The Labute approximate surface area is 125 Å². The topological polar surface area (TPSA) is 24.9 Å². The lowest BCUT2D eigenvalue weighted by Gasteiger charge is -2.30. The van der Waals surface area contributed by atoms with E-state index in [1.54, 1.807) is 0 Å². The molecule has 1 aromatic heterocycles. The van der Waals surface area contributed by atoms with E-state index in [0.29, 0.717) is 11.3 Å². The van der Waals surface area contributed by atoms with E-state index in [0.717, 1.165) is 11.2 Å². The number of nitrogens with zero attached hydrogens (tertiary/aromatic N) is 1. The molecule has 2 heterocycles. The molecule has 0 bridgehead atoms. The van der Waals surface area contributed by atoms with Crippen molar-refractivity contribution in [3.63, 3.8) is 0 Å². The molecule has 1 fully saturated rings. The van der Waals surface area contributed by atoms with E-state index in [1.165, 1.54) is 36.0 Å². The summed E-state index contributed by atoms with van der Waals surface area (Å²) >= 11 is 2.12. The molecule has 0 amide bonds. The number of thioether (sulfide) groups is 1. The maximum Gasteiger partial charge on any atom is 0.0705 e. The largest absolute Gasteiger partial charge is 0.312 e. The van der Waals surface area contributed by atoms with Crippen molar-refractivity contribution in [2.45, 2.75) is 37.5 Å². The summed E-state index contributed by atoms with van der Waals surface area (Å²) < 4.78 is 0. The van der Waals surface area contributed by atoms with E-state index >= 15 is 0 Å². The van der Waals surface area contributed by atoms with Crippen molar-refractivity contribution in [3.05, 3.63) is 41.6 Å². The summed E-state index contributed by atoms with van der Waals surface area (Å²) in [4.78, 5) is 4.59. The van der Waals surface area contributed by atoms with Gasteiger partial charge in [-0.3, -0.25) is 4.98 Å². The monoisotopic (exact) mass is 286 g/mol. The molecule has 3 heteroatoms. The minimum Gasteiger partial charge on any atom is -0.312 e. The molecular weight excluding hydrogens is 264 g/mol. The van der Waals surface area contributed by atoms with Crippen LogP contribution in [0.2, 0.25) is 0 Å². The van der Waals surface area contributed by atoms with Gasteiger partial charge < -0.3 is 5.32 Å². The van der Waals surface area contributed by atoms with E-state index in [9.17, 15) is 0 Å². The van der Waals surface area contributed by atoms with Gasteiger partial charge in [0.1, 0.15) is 0 Å². The number of aromatic nitrogens is 1. The Morgan fingerprint density at radius 2 is 2.15 bits per heavy atom. The SMILES string of the molecule is CNC(c1ccc2nc(C)ccc2c1)C1CCCCS1. The Bertz CT molecular complexity index is 591. The van der Waals surface area contributed by atoms with Gasteiger partial charge in [0, 0.05) is 22.4 Å². The van der Waals surface area contributed by atoms with Gasteiger partial charge >= 0.3 is 0 Å². The first kappa shape index (κ1) is 13.9. The van der Waals surface area contributed by atoms with E-state index in [1.807, 2.05) is 6.92 Å². The number of nitrogens with one attached hydrogen (secondary N) is 1. The van der Waals surface area contributed by atoms with Crippen molar-refractivity contribution in [1.29, 1.82) is 0 Å². The zero-order valence-electron chi connectivity index (χ0n) is 12.2. The van der Waals surface area contributed by atoms with Crippen LogP contribution in [-0.4, -0.2) is 23.0 Å². The summed E-state index contributed by atoms with van der Waals surface area (Å²) in [7, 11) is 2.08. The lowest BCUT2D eigenvalue weighted by Crippen LogP contribution is -2.29. The van der Waals surface area contributed by atoms with Crippen LogP contribution in [0.5, 0.6) is 0 Å². The Hall–Kier alpha value is -1.06. The molecule has 2 aromatic rings. The molecule has 1 aromatic carbocycles. The van der Waals surface area contributed by atoms with Gasteiger partial charge in [0.2, 0.25) is 0 Å². The van der Waals surface area contributed by atoms with Gasteiger partial charge in [-0.05, 0) is 56.3 Å². The molecule has 1 N–H and O–H groups in total. The minimum atomic E-state index is 0.450. The second kappa shape index (κ2) is 6.15. The highest BCUT2D eigenvalue weighted by Crippen LogP contribution is 2.35. The molecule has 1 aliphatic rings. The fourth-order valence-corrected chi connectivity index (χ4v) is 4.53. The molecular formula is C17H22N2S. The van der Waals surface area contributed by atoms with Gasteiger partial charge in [0.05, 0.1) is 5.52 Å². The average molecular weight is 286 g/mol. The Balaban J connectivity index is 1.92. The fourth-order valence-electron chi connectivity index (χ4n) is 3.04. The van der Waals surface area contributed by atoms with Crippen molar-refractivity contribution in [1.82, 2.24) is 10.3 Å².